The highest BCUT2D eigenvalue weighted by Crippen LogP contribution is 2.35. The van der Waals surface area contributed by atoms with E-state index in [2.05, 4.69) is 15.9 Å². The molecule has 0 saturated carbocycles. The number of alkyl halides is 1. The fourth-order valence-electron chi connectivity index (χ4n) is 1.76. The first-order valence-electron chi connectivity index (χ1n) is 5.44. The molecule has 0 aliphatic heterocycles. The molecule has 0 bridgehead atoms. The smallest absolute Gasteiger partial charge is 0.161 e. The van der Waals surface area contributed by atoms with Gasteiger partial charge >= 0.3 is 0 Å². The predicted octanol–water partition coefficient (Wildman–Crippen LogP) is 5.04. The highest BCUT2D eigenvalue weighted by Gasteiger charge is 2.21. The van der Waals surface area contributed by atoms with Gasteiger partial charge in [-0.1, -0.05) is 33.6 Å². The third kappa shape index (κ3) is 2.81. The van der Waals surface area contributed by atoms with Crippen molar-refractivity contribution in [1.82, 2.24) is 0 Å². The van der Waals surface area contributed by atoms with Crippen molar-refractivity contribution in [2.24, 2.45) is 0 Å². The average Bonchev–Trinajstić information content (AvgIpc) is 2.36. The number of aryl methyl sites for hydroxylation is 1. The lowest BCUT2D eigenvalue weighted by Gasteiger charge is -2.14. The van der Waals surface area contributed by atoms with Gasteiger partial charge in [0.15, 0.2) is 11.6 Å². The lowest BCUT2D eigenvalue weighted by molar-refractivity contribution is 0.490. The molecule has 1 unspecified atom stereocenters. The fraction of sp³-hybridized carbons (Fsp3) is 0.143. The number of hydrogen-bond donors (Lipinski definition) is 0. The lowest BCUT2D eigenvalue weighted by atomic mass is 10.0. The van der Waals surface area contributed by atoms with Gasteiger partial charge in [-0.15, -0.1) is 0 Å². The molecular weight excluding hydrogens is 324 g/mol. The summed E-state index contributed by atoms with van der Waals surface area (Å²) >= 11 is 3.12. The maximum absolute atomic E-state index is 13.7. The molecule has 0 aliphatic rings. The highest BCUT2D eigenvalue weighted by molar-refractivity contribution is 9.09. The Hall–Kier alpha value is -1.36. The molecule has 5 heteroatoms. The summed E-state index contributed by atoms with van der Waals surface area (Å²) in [6.45, 7) is 1.75. The molecule has 0 spiro atoms. The van der Waals surface area contributed by atoms with Crippen LogP contribution in [0, 0.1) is 30.2 Å². The zero-order valence-corrected chi connectivity index (χ0v) is 11.4. The van der Waals surface area contributed by atoms with E-state index in [1.54, 1.807) is 13.0 Å². The van der Waals surface area contributed by atoms with E-state index >= 15 is 0 Å². The lowest BCUT2D eigenvalue weighted by Crippen LogP contribution is -2.02. The first-order chi connectivity index (χ1) is 8.90. The van der Waals surface area contributed by atoms with Gasteiger partial charge in [0.2, 0.25) is 0 Å². The number of halogens is 5. The van der Waals surface area contributed by atoms with Crippen molar-refractivity contribution in [3.8, 4) is 0 Å². The number of benzene rings is 2. The van der Waals surface area contributed by atoms with Crippen LogP contribution in [-0.2, 0) is 0 Å². The van der Waals surface area contributed by atoms with E-state index in [-0.39, 0.29) is 11.1 Å². The van der Waals surface area contributed by atoms with E-state index in [1.807, 2.05) is 0 Å². The molecule has 0 fully saturated rings. The maximum Gasteiger partial charge on any atom is 0.161 e. The van der Waals surface area contributed by atoms with Gasteiger partial charge in [0.25, 0.3) is 0 Å². The van der Waals surface area contributed by atoms with Gasteiger partial charge in [-0.2, -0.15) is 0 Å². The number of rotatable bonds is 2. The molecule has 2 rings (SSSR count). The summed E-state index contributed by atoms with van der Waals surface area (Å²) in [5.41, 5.74) is 0.803. The van der Waals surface area contributed by atoms with Crippen LogP contribution in [0.1, 0.15) is 21.5 Å². The molecule has 2 aromatic rings. The van der Waals surface area contributed by atoms with Crippen molar-refractivity contribution in [1.29, 1.82) is 0 Å². The molecule has 0 saturated heterocycles. The zero-order chi connectivity index (χ0) is 14.2. The third-order valence-corrected chi connectivity index (χ3v) is 3.72. The van der Waals surface area contributed by atoms with Crippen LogP contribution in [-0.4, -0.2) is 0 Å². The van der Waals surface area contributed by atoms with Gasteiger partial charge in [0.1, 0.15) is 11.6 Å². The molecule has 0 N–H and O–H groups in total. The van der Waals surface area contributed by atoms with Crippen molar-refractivity contribution < 1.29 is 17.6 Å². The van der Waals surface area contributed by atoms with E-state index in [4.69, 9.17) is 0 Å². The van der Waals surface area contributed by atoms with Crippen LogP contribution in [0.15, 0.2) is 30.3 Å². The monoisotopic (exact) mass is 332 g/mol. The first-order valence-corrected chi connectivity index (χ1v) is 6.36. The Labute approximate surface area is 116 Å². The average molecular weight is 333 g/mol. The van der Waals surface area contributed by atoms with Crippen LogP contribution >= 0.6 is 15.9 Å². The SMILES string of the molecule is Cc1ccc(F)c(C(Br)c2cc(F)c(F)cc2F)c1. The Morgan fingerprint density at radius 2 is 1.37 bits per heavy atom. The summed E-state index contributed by atoms with van der Waals surface area (Å²) in [4.78, 5) is -0.887. The van der Waals surface area contributed by atoms with Gasteiger partial charge in [0, 0.05) is 17.2 Å². The van der Waals surface area contributed by atoms with Crippen molar-refractivity contribution in [3.05, 3.63) is 70.3 Å². The molecular formula is C14H9BrF4. The molecule has 19 heavy (non-hydrogen) atoms. The minimum atomic E-state index is -1.27. The quantitative estimate of drug-likeness (QED) is 0.411. The fourth-order valence-corrected chi connectivity index (χ4v) is 2.46. The van der Waals surface area contributed by atoms with Crippen LogP contribution in [0.25, 0.3) is 0 Å². The van der Waals surface area contributed by atoms with Crippen molar-refractivity contribution in [3.63, 3.8) is 0 Å². The maximum atomic E-state index is 13.7. The van der Waals surface area contributed by atoms with Gasteiger partial charge in [-0.05, 0) is 19.1 Å². The summed E-state index contributed by atoms with van der Waals surface area (Å²) in [6, 6.07) is 5.52. The van der Waals surface area contributed by atoms with E-state index in [0.717, 1.165) is 11.6 Å². The van der Waals surface area contributed by atoms with Crippen LogP contribution in [0.5, 0.6) is 0 Å². The second kappa shape index (κ2) is 5.33. The van der Waals surface area contributed by atoms with Crippen LogP contribution in [0.3, 0.4) is 0 Å². The molecule has 0 radical (unpaired) electrons. The molecule has 0 aromatic heterocycles. The predicted molar refractivity (Wildman–Crippen MR) is 68.2 cm³/mol. The molecule has 0 amide bonds. The highest BCUT2D eigenvalue weighted by atomic mass is 79.9. The van der Waals surface area contributed by atoms with Crippen LogP contribution in [0.4, 0.5) is 17.6 Å². The standard InChI is InChI=1S/C14H9BrF4/c1-7-2-3-10(16)8(4-7)14(15)9-5-12(18)13(19)6-11(9)17/h2-6,14H,1H3. The van der Waals surface area contributed by atoms with Crippen LogP contribution in [0.2, 0.25) is 0 Å². The second-order valence-corrected chi connectivity index (χ2v) is 5.09. The molecule has 2 aromatic carbocycles. The van der Waals surface area contributed by atoms with E-state index in [0.29, 0.717) is 6.07 Å². The summed E-state index contributed by atoms with van der Waals surface area (Å²) in [5, 5.41) is 0. The van der Waals surface area contributed by atoms with Crippen molar-refractivity contribution in [2.75, 3.05) is 0 Å². The summed E-state index contributed by atoms with van der Waals surface area (Å²) in [6.07, 6.45) is 0. The summed E-state index contributed by atoms with van der Waals surface area (Å²) < 4.78 is 53.4. The Balaban J connectivity index is 2.52. The minimum absolute atomic E-state index is 0.150. The second-order valence-electron chi connectivity index (χ2n) is 4.18. The van der Waals surface area contributed by atoms with Gasteiger partial charge in [0.05, 0.1) is 4.83 Å². The van der Waals surface area contributed by atoms with Gasteiger partial charge in [-0.25, -0.2) is 17.6 Å². The Morgan fingerprint density at radius 1 is 0.789 bits per heavy atom. The molecule has 0 heterocycles. The Kier molecular flexibility index (Phi) is 3.94. The Morgan fingerprint density at radius 3 is 2.05 bits per heavy atom. The molecule has 0 aliphatic carbocycles. The molecule has 1 atom stereocenters. The van der Waals surface area contributed by atoms with Gasteiger partial charge < -0.3 is 0 Å². The largest absolute Gasteiger partial charge is 0.207 e. The first kappa shape index (κ1) is 14.1. The third-order valence-electron chi connectivity index (χ3n) is 2.74. The normalized spacial score (nSPS) is 12.5. The van der Waals surface area contributed by atoms with E-state index in [1.165, 1.54) is 12.1 Å². The van der Waals surface area contributed by atoms with Crippen molar-refractivity contribution in [2.45, 2.75) is 11.8 Å². The van der Waals surface area contributed by atoms with Crippen LogP contribution < -0.4 is 0 Å². The molecule has 0 nitrogen and oxygen atoms in total. The van der Waals surface area contributed by atoms with Crippen molar-refractivity contribution >= 4 is 15.9 Å². The van der Waals surface area contributed by atoms with E-state index < -0.39 is 28.1 Å². The summed E-state index contributed by atoms with van der Waals surface area (Å²) in [5.74, 6) is -3.92. The van der Waals surface area contributed by atoms with Gasteiger partial charge in [-0.3, -0.25) is 0 Å². The Bertz CT molecular complexity index is 625. The zero-order valence-electron chi connectivity index (χ0n) is 9.85. The summed E-state index contributed by atoms with van der Waals surface area (Å²) in [7, 11) is 0. The van der Waals surface area contributed by atoms with E-state index in [9.17, 15) is 17.6 Å². The minimum Gasteiger partial charge on any atom is -0.207 e. The molecule has 100 valence electrons. The topological polar surface area (TPSA) is 0 Å². The number of hydrogen-bond acceptors (Lipinski definition) is 0.